The summed E-state index contributed by atoms with van der Waals surface area (Å²) in [6, 6.07) is 3.84. The number of fused-ring (bicyclic) bond motifs is 1. The topological polar surface area (TPSA) is 72.3 Å². The number of anilines is 1. The normalized spacial score (nSPS) is 18.3. The molecule has 1 aromatic carbocycles. The second-order valence-corrected chi connectivity index (χ2v) is 3.68. The third kappa shape index (κ3) is 2.91. The zero-order valence-corrected chi connectivity index (χ0v) is 9.90. The molecule has 1 aliphatic carbocycles. The van der Waals surface area contributed by atoms with Crippen molar-refractivity contribution in [2.75, 3.05) is 5.73 Å². The zero-order valence-electron chi connectivity index (χ0n) is 8.27. The summed E-state index contributed by atoms with van der Waals surface area (Å²) in [6.07, 6.45) is 2.82. The highest BCUT2D eigenvalue weighted by Crippen LogP contribution is 2.29. The quantitative estimate of drug-likeness (QED) is 0.484. The first-order valence-electron chi connectivity index (χ1n) is 4.52. The number of nitrogens with two attached hydrogens (primary N) is 2. The molecule has 1 unspecified atom stereocenters. The molecule has 0 heterocycles. The molecule has 2 rings (SSSR count). The number of phenolic OH excluding ortho intramolecular Hbond substituents is 1. The van der Waals surface area contributed by atoms with E-state index in [9.17, 15) is 5.11 Å². The highest BCUT2D eigenvalue weighted by molar-refractivity contribution is 5.85. The van der Waals surface area contributed by atoms with Crippen molar-refractivity contribution >= 4 is 30.5 Å². The molecule has 0 saturated heterocycles. The third-order valence-corrected chi connectivity index (χ3v) is 2.62. The van der Waals surface area contributed by atoms with Gasteiger partial charge in [0.1, 0.15) is 5.75 Å². The van der Waals surface area contributed by atoms with Crippen molar-refractivity contribution in [1.29, 1.82) is 0 Å². The number of hydrogen-bond acceptors (Lipinski definition) is 3. The van der Waals surface area contributed by atoms with Crippen molar-refractivity contribution in [3.8, 4) is 5.75 Å². The highest BCUT2D eigenvalue weighted by atomic mass is 35.5. The standard InChI is InChI=1S/C10H14N2O.2ClH/c11-8-2-1-6-5-10(13)9(12)4-7(6)3-8;;/h4-5,8,13H,1-3,11-12H2;2*1H. The molecule has 5 heteroatoms. The second kappa shape index (κ2) is 5.45. The Hall–Kier alpha value is -0.640. The molecule has 86 valence electrons. The van der Waals surface area contributed by atoms with Gasteiger partial charge >= 0.3 is 0 Å². The van der Waals surface area contributed by atoms with Gasteiger partial charge in [0.25, 0.3) is 0 Å². The van der Waals surface area contributed by atoms with Gasteiger partial charge in [-0.1, -0.05) is 0 Å². The van der Waals surface area contributed by atoms with Crippen LogP contribution < -0.4 is 11.5 Å². The molecular weight excluding hydrogens is 235 g/mol. The molecule has 0 aliphatic heterocycles. The van der Waals surface area contributed by atoms with Crippen molar-refractivity contribution < 1.29 is 5.11 Å². The average Bonchev–Trinajstić information content (AvgIpc) is 2.08. The molecule has 1 atom stereocenters. The summed E-state index contributed by atoms with van der Waals surface area (Å²) in [4.78, 5) is 0. The first-order valence-corrected chi connectivity index (χ1v) is 4.52. The monoisotopic (exact) mass is 250 g/mol. The van der Waals surface area contributed by atoms with E-state index >= 15 is 0 Å². The van der Waals surface area contributed by atoms with Gasteiger partial charge in [-0.3, -0.25) is 0 Å². The second-order valence-electron chi connectivity index (χ2n) is 3.68. The minimum atomic E-state index is 0. The fourth-order valence-corrected chi connectivity index (χ4v) is 1.84. The summed E-state index contributed by atoms with van der Waals surface area (Å²) in [5, 5.41) is 9.38. The lowest BCUT2D eigenvalue weighted by Gasteiger charge is -2.21. The van der Waals surface area contributed by atoms with E-state index in [1.165, 1.54) is 11.1 Å². The van der Waals surface area contributed by atoms with Gasteiger partial charge in [0.2, 0.25) is 0 Å². The smallest absolute Gasteiger partial charge is 0.138 e. The lowest BCUT2D eigenvalue weighted by Crippen LogP contribution is -2.27. The molecule has 0 amide bonds. The molecule has 0 radical (unpaired) electrons. The Bertz CT molecular complexity index is 344. The van der Waals surface area contributed by atoms with E-state index in [0.717, 1.165) is 19.3 Å². The number of aromatic hydroxyl groups is 1. The predicted octanol–water partition coefficient (Wildman–Crippen LogP) is 1.63. The van der Waals surface area contributed by atoms with Crippen molar-refractivity contribution in [2.24, 2.45) is 5.73 Å². The first-order chi connectivity index (χ1) is 6.16. The van der Waals surface area contributed by atoms with Crippen molar-refractivity contribution in [3.05, 3.63) is 23.3 Å². The van der Waals surface area contributed by atoms with Crippen LogP contribution in [-0.4, -0.2) is 11.1 Å². The fourth-order valence-electron chi connectivity index (χ4n) is 1.84. The van der Waals surface area contributed by atoms with Gasteiger partial charge in [-0.25, -0.2) is 0 Å². The average molecular weight is 251 g/mol. The van der Waals surface area contributed by atoms with E-state index in [2.05, 4.69) is 0 Å². The summed E-state index contributed by atoms with van der Waals surface area (Å²) in [5.41, 5.74) is 14.3. The Morgan fingerprint density at radius 3 is 2.53 bits per heavy atom. The Balaban J connectivity index is 0.000000980. The van der Waals surface area contributed by atoms with Gasteiger partial charge in [-0.05, 0) is 42.5 Å². The Morgan fingerprint density at radius 1 is 1.20 bits per heavy atom. The highest BCUT2D eigenvalue weighted by Gasteiger charge is 2.16. The summed E-state index contributed by atoms with van der Waals surface area (Å²) >= 11 is 0. The third-order valence-electron chi connectivity index (χ3n) is 2.62. The van der Waals surface area contributed by atoms with Crippen molar-refractivity contribution in [2.45, 2.75) is 25.3 Å². The van der Waals surface area contributed by atoms with E-state index in [4.69, 9.17) is 11.5 Å². The van der Waals surface area contributed by atoms with Crippen molar-refractivity contribution in [3.63, 3.8) is 0 Å². The molecule has 0 aromatic heterocycles. The van der Waals surface area contributed by atoms with Crippen LogP contribution in [-0.2, 0) is 12.8 Å². The Labute approximate surface area is 102 Å². The van der Waals surface area contributed by atoms with Crippen LogP contribution in [0, 0.1) is 0 Å². The number of aryl methyl sites for hydroxylation is 1. The maximum atomic E-state index is 9.38. The van der Waals surface area contributed by atoms with E-state index in [-0.39, 0.29) is 36.6 Å². The minimum Gasteiger partial charge on any atom is -0.506 e. The molecular formula is C10H16Cl2N2O. The maximum Gasteiger partial charge on any atom is 0.138 e. The molecule has 5 N–H and O–H groups in total. The van der Waals surface area contributed by atoms with Gasteiger partial charge < -0.3 is 16.6 Å². The van der Waals surface area contributed by atoms with Crippen LogP contribution >= 0.6 is 24.8 Å². The Morgan fingerprint density at radius 2 is 1.87 bits per heavy atom. The predicted molar refractivity (Wildman–Crippen MR) is 67.0 cm³/mol. The number of hydrogen-bond donors (Lipinski definition) is 3. The van der Waals surface area contributed by atoms with E-state index in [1.807, 2.05) is 6.07 Å². The zero-order chi connectivity index (χ0) is 9.42. The van der Waals surface area contributed by atoms with Gasteiger partial charge in [-0.2, -0.15) is 0 Å². The lowest BCUT2D eigenvalue weighted by atomic mass is 9.88. The van der Waals surface area contributed by atoms with E-state index < -0.39 is 0 Å². The maximum absolute atomic E-state index is 9.38. The van der Waals surface area contributed by atoms with Gasteiger partial charge in [0, 0.05) is 6.04 Å². The van der Waals surface area contributed by atoms with Gasteiger partial charge in [-0.15, -0.1) is 24.8 Å². The number of rotatable bonds is 0. The molecule has 1 aliphatic rings. The van der Waals surface area contributed by atoms with Crippen molar-refractivity contribution in [1.82, 2.24) is 0 Å². The van der Waals surface area contributed by atoms with E-state index in [1.54, 1.807) is 6.07 Å². The van der Waals surface area contributed by atoms with Crippen LogP contribution in [0.4, 0.5) is 5.69 Å². The van der Waals surface area contributed by atoms with Crippen LogP contribution in [0.15, 0.2) is 12.1 Å². The van der Waals surface area contributed by atoms with Crippen LogP contribution in [0.25, 0.3) is 0 Å². The molecule has 0 spiro atoms. The van der Waals surface area contributed by atoms with Gasteiger partial charge in [0.05, 0.1) is 5.69 Å². The fraction of sp³-hybridized carbons (Fsp3) is 0.400. The largest absolute Gasteiger partial charge is 0.506 e. The number of halogens is 2. The lowest BCUT2D eigenvalue weighted by molar-refractivity contribution is 0.474. The van der Waals surface area contributed by atoms with Crippen LogP contribution in [0.3, 0.4) is 0 Å². The SMILES string of the molecule is Cl.Cl.Nc1cc2c(cc1O)CCC(N)C2. The molecule has 0 bridgehead atoms. The summed E-state index contributed by atoms with van der Waals surface area (Å²) in [7, 11) is 0. The molecule has 0 saturated carbocycles. The minimum absolute atomic E-state index is 0. The molecule has 3 nitrogen and oxygen atoms in total. The van der Waals surface area contributed by atoms with Crippen LogP contribution in [0.1, 0.15) is 17.5 Å². The summed E-state index contributed by atoms with van der Waals surface area (Å²) < 4.78 is 0. The van der Waals surface area contributed by atoms with E-state index in [0.29, 0.717) is 5.69 Å². The number of benzene rings is 1. The van der Waals surface area contributed by atoms with Crippen LogP contribution in [0.2, 0.25) is 0 Å². The Kier molecular flexibility index (Phi) is 5.21. The molecule has 1 aromatic rings. The summed E-state index contributed by atoms with van der Waals surface area (Å²) in [5.74, 6) is 0.189. The number of nitrogen functional groups attached to an aromatic ring is 1. The summed E-state index contributed by atoms with van der Waals surface area (Å²) in [6.45, 7) is 0. The molecule has 15 heavy (non-hydrogen) atoms. The van der Waals surface area contributed by atoms with Gasteiger partial charge in [0.15, 0.2) is 0 Å². The molecule has 0 fully saturated rings. The first kappa shape index (κ1) is 14.4. The number of phenols is 1. The van der Waals surface area contributed by atoms with Crippen LogP contribution in [0.5, 0.6) is 5.75 Å².